The van der Waals surface area contributed by atoms with Gasteiger partial charge in [-0.05, 0) is 38.8 Å². The molecule has 0 unspecified atom stereocenters. The maximum atomic E-state index is 6.45. The number of benzene rings is 3. The molecule has 0 heterocycles. The van der Waals surface area contributed by atoms with Crippen LogP contribution in [0.2, 0.25) is 0 Å². The minimum atomic E-state index is 0.0608. The van der Waals surface area contributed by atoms with Crippen LogP contribution in [0.4, 0.5) is 0 Å². The lowest BCUT2D eigenvalue weighted by atomic mass is 9.87. The number of hydrogen-bond acceptors (Lipinski definition) is 1. The van der Waals surface area contributed by atoms with Gasteiger partial charge in [0.25, 0.3) is 0 Å². The minimum Gasteiger partial charge on any atom is -0.324 e. The van der Waals surface area contributed by atoms with Gasteiger partial charge < -0.3 is 5.73 Å². The molecule has 0 saturated carbocycles. The van der Waals surface area contributed by atoms with Gasteiger partial charge in [0.1, 0.15) is 0 Å². The Morgan fingerprint density at radius 3 is 2.52 bits per heavy atom. The standard InChI is InChI=1S/C20H17N/c21-19-13-12-15-7-2-4-10-17(15)20(19)18-11-5-8-14-6-1-3-9-16(14)18/h1-12,19H,13,21H2/t19-/m0/s1. The van der Waals surface area contributed by atoms with Gasteiger partial charge in [0, 0.05) is 6.04 Å². The first-order chi connectivity index (χ1) is 10.3. The van der Waals surface area contributed by atoms with Gasteiger partial charge in [-0.15, -0.1) is 0 Å². The van der Waals surface area contributed by atoms with Crippen molar-refractivity contribution in [2.75, 3.05) is 0 Å². The van der Waals surface area contributed by atoms with E-state index in [0.29, 0.717) is 0 Å². The van der Waals surface area contributed by atoms with E-state index in [4.69, 9.17) is 5.73 Å². The van der Waals surface area contributed by atoms with Gasteiger partial charge in [0.05, 0.1) is 0 Å². The second kappa shape index (κ2) is 4.87. The molecule has 3 aromatic carbocycles. The van der Waals surface area contributed by atoms with E-state index in [2.05, 4.69) is 72.8 Å². The van der Waals surface area contributed by atoms with Crippen molar-refractivity contribution in [3.63, 3.8) is 0 Å². The third kappa shape index (κ3) is 1.98. The molecule has 21 heavy (non-hydrogen) atoms. The summed E-state index contributed by atoms with van der Waals surface area (Å²) in [5, 5.41) is 5.11. The average molecular weight is 271 g/mol. The summed E-state index contributed by atoms with van der Waals surface area (Å²) < 4.78 is 0. The molecule has 1 atom stereocenters. The molecule has 0 bridgehead atoms. The third-order valence-electron chi connectivity index (χ3n) is 4.29. The molecule has 1 nitrogen and oxygen atoms in total. The van der Waals surface area contributed by atoms with Gasteiger partial charge in [-0.2, -0.15) is 0 Å². The van der Waals surface area contributed by atoms with Gasteiger partial charge >= 0.3 is 0 Å². The van der Waals surface area contributed by atoms with Crippen LogP contribution in [0.3, 0.4) is 0 Å². The average Bonchev–Trinajstić information content (AvgIpc) is 2.54. The van der Waals surface area contributed by atoms with E-state index in [9.17, 15) is 0 Å². The van der Waals surface area contributed by atoms with Crippen LogP contribution < -0.4 is 16.2 Å². The lowest BCUT2D eigenvalue weighted by molar-refractivity contribution is 0.862. The highest BCUT2D eigenvalue weighted by atomic mass is 14.6. The van der Waals surface area contributed by atoms with Gasteiger partial charge in [0.15, 0.2) is 0 Å². The van der Waals surface area contributed by atoms with Crippen LogP contribution in [0.1, 0.15) is 12.0 Å². The first kappa shape index (κ1) is 12.4. The van der Waals surface area contributed by atoms with Crippen LogP contribution in [0.25, 0.3) is 22.4 Å². The summed E-state index contributed by atoms with van der Waals surface area (Å²) in [4.78, 5) is 0. The predicted octanol–water partition coefficient (Wildman–Crippen LogP) is 2.55. The molecular weight excluding hydrogens is 254 g/mol. The molecule has 0 spiro atoms. The fourth-order valence-corrected chi connectivity index (χ4v) is 3.30. The largest absolute Gasteiger partial charge is 0.324 e. The number of rotatable bonds is 1. The molecule has 1 aliphatic carbocycles. The molecule has 102 valence electrons. The first-order valence-electron chi connectivity index (χ1n) is 7.38. The molecule has 0 amide bonds. The summed E-state index contributed by atoms with van der Waals surface area (Å²) in [6.07, 6.45) is 3.14. The molecular formula is C20H17N. The fourth-order valence-electron chi connectivity index (χ4n) is 3.30. The topological polar surface area (TPSA) is 26.0 Å². The number of hydrogen-bond donors (Lipinski definition) is 1. The van der Waals surface area contributed by atoms with Crippen LogP contribution in [-0.2, 0) is 0 Å². The van der Waals surface area contributed by atoms with E-state index in [0.717, 1.165) is 6.42 Å². The van der Waals surface area contributed by atoms with Gasteiger partial charge in [-0.1, -0.05) is 72.8 Å². The van der Waals surface area contributed by atoms with Crippen molar-refractivity contribution in [3.05, 3.63) is 82.7 Å². The Hall–Kier alpha value is -2.38. The molecule has 0 aliphatic heterocycles. The SMILES string of the molecule is N[C@H]1CC=c2ccccc2=C1c1cccc2ccccc12. The van der Waals surface area contributed by atoms with Crippen LogP contribution >= 0.6 is 0 Å². The van der Waals surface area contributed by atoms with Crippen molar-refractivity contribution >= 4 is 22.4 Å². The van der Waals surface area contributed by atoms with E-state index in [1.807, 2.05) is 0 Å². The van der Waals surface area contributed by atoms with Gasteiger partial charge in [-0.3, -0.25) is 0 Å². The Kier molecular flexibility index (Phi) is 2.87. The molecule has 0 fully saturated rings. The van der Waals surface area contributed by atoms with E-state index >= 15 is 0 Å². The second-order valence-electron chi connectivity index (χ2n) is 5.57. The van der Waals surface area contributed by atoms with Crippen molar-refractivity contribution in [1.29, 1.82) is 0 Å². The second-order valence-corrected chi connectivity index (χ2v) is 5.57. The summed E-state index contributed by atoms with van der Waals surface area (Å²) in [5.41, 5.74) is 8.98. The smallest absolute Gasteiger partial charge is 0.0342 e. The van der Waals surface area contributed by atoms with E-state index in [1.54, 1.807) is 0 Å². The van der Waals surface area contributed by atoms with Crippen LogP contribution in [0.5, 0.6) is 0 Å². The summed E-state index contributed by atoms with van der Waals surface area (Å²) in [7, 11) is 0. The lowest BCUT2D eigenvalue weighted by Crippen LogP contribution is -2.38. The monoisotopic (exact) mass is 271 g/mol. The van der Waals surface area contributed by atoms with Crippen molar-refractivity contribution in [2.45, 2.75) is 12.5 Å². The first-order valence-corrected chi connectivity index (χ1v) is 7.38. The fraction of sp³-hybridized carbons (Fsp3) is 0.100. The Labute approximate surface area is 124 Å². The molecule has 1 heteroatoms. The van der Waals surface area contributed by atoms with Crippen molar-refractivity contribution < 1.29 is 0 Å². The Morgan fingerprint density at radius 2 is 1.57 bits per heavy atom. The molecule has 3 aromatic rings. The molecule has 0 saturated heterocycles. The Morgan fingerprint density at radius 1 is 0.810 bits per heavy atom. The van der Waals surface area contributed by atoms with Gasteiger partial charge in [-0.25, -0.2) is 0 Å². The zero-order valence-corrected chi connectivity index (χ0v) is 11.8. The highest BCUT2D eigenvalue weighted by molar-refractivity contribution is 5.95. The highest BCUT2D eigenvalue weighted by Gasteiger charge is 2.17. The normalized spacial score (nSPS) is 17.4. The van der Waals surface area contributed by atoms with E-state index in [1.165, 1.54) is 32.3 Å². The summed E-state index contributed by atoms with van der Waals surface area (Å²) in [5.74, 6) is 0. The van der Waals surface area contributed by atoms with Crippen LogP contribution in [0, 0.1) is 0 Å². The number of nitrogens with two attached hydrogens (primary N) is 1. The van der Waals surface area contributed by atoms with Crippen LogP contribution in [0.15, 0.2) is 66.7 Å². The highest BCUT2D eigenvalue weighted by Crippen LogP contribution is 2.26. The molecule has 1 aliphatic rings. The maximum absolute atomic E-state index is 6.45. The van der Waals surface area contributed by atoms with E-state index in [-0.39, 0.29) is 6.04 Å². The maximum Gasteiger partial charge on any atom is 0.0342 e. The number of fused-ring (bicyclic) bond motifs is 2. The van der Waals surface area contributed by atoms with Crippen LogP contribution in [-0.4, -0.2) is 6.04 Å². The summed E-state index contributed by atoms with van der Waals surface area (Å²) in [6, 6.07) is 23.6. The quantitative estimate of drug-likeness (QED) is 0.723. The molecule has 2 N–H and O–H groups in total. The minimum absolute atomic E-state index is 0.0608. The molecule has 4 rings (SSSR count). The summed E-state index contributed by atoms with van der Waals surface area (Å²) >= 11 is 0. The van der Waals surface area contributed by atoms with Crippen molar-refractivity contribution in [3.8, 4) is 0 Å². The Bertz CT molecular complexity index is 932. The zero-order valence-electron chi connectivity index (χ0n) is 11.8. The summed E-state index contributed by atoms with van der Waals surface area (Å²) in [6.45, 7) is 0. The van der Waals surface area contributed by atoms with Gasteiger partial charge in [0.2, 0.25) is 0 Å². The molecule has 0 radical (unpaired) electrons. The van der Waals surface area contributed by atoms with E-state index < -0.39 is 0 Å². The molecule has 0 aromatic heterocycles. The van der Waals surface area contributed by atoms with Crippen molar-refractivity contribution in [1.82, 2.24) is 0 Å². The predicted molar refractivity (Wildman–Crippen MR) is 89.2 cm³/mol. The Balaban J connectivity index is 2.15. The third-order valence-corrected chi connectivity index (χ3v) is 4.29. The zero-order chi connectivity index (χ0) is 14.2. The lowest BCUT2D eigenvalue weighted by Gasteiger charge is -2.20. The van der Waals surface area contributed by atoms with Crippen molar-refractivity contribution in [2.24, 2.45) is 5.73 Å².